The molecule has 1 aliphatic rings. The fourth-order valence-electron chi connectivity index (χ4n) is 1.84. The van der Waals surface area contributed by atoms with Gasteiger partial charge in [-0.25, -0.2) is 4.99 Å². The average molecular weight is 315 g/mol. The Bertz CT molecular complexity index is 580. The van der Waals surface area contributed by atoms with E-state index < -0.39 is 10.7 Å². The lowest BCUT2D eigenvalue weighted by molar-refractivity contribution is -0.742. The van der Waals surface area contributed by atoms with E-state index in [0.29, 0.717) is 11.0 Å². The molecule has 1 aromatic carbocycles. The maximum atomic E-state index is 8.36. The first-order valence-corrected chi connectivity index (χ1v) is 6.10. The Morgan fingerprint density at radius 3 is 2.24 bits per heavy atom. The van der Waals surface area contributed by atoms with Crippen LogP contribution in [0.4, 0.5) is 5.69 Å². The zero-order chi connectivity index (χ0) is 16.2. The van der Waals surface area contributed by atoms with Gasteiger partial charge in [0.2, 0.25) is 11.9 Å². The Morgan fingerprint density at radius 2 is 1.81 bits per heavy atom. The van der Waals surface area contributed by atoms with Crippen LogP contribution in [-0.2, 0) is 0 Å². The second-order valence-electron chi connectivity index (χ2n) is 4.48. The number of hydrogen-bond donors (Lipinski definition) is 3. The number of anilines is 1. The first-order valence-electron chi connectivity index (χ1n) is 5.72. The van der Waals surface area contributed by atoms with E-state index in [4.69, 9.17) is 38.4 Å². The fraction of sp³-hybridized carbons (Fsp3) is 0.273. The van der Waals surface area contributed by atoms with E-state index in [-0.39, 0.29) is 5.96 Å². The Labute approximate surface area is 125 Å². The SMILES string of the molecule is CC1(C)N=C(N)N=C(N)N1c1ccc(Cl)cc1.O=[N+]([O-])O. The lowest BCUT2D eigenvalue weighted by Crippen LogP contribution is -2.54. The van der Waals surface area contributed by atoms with Crippen molar-refractivity contribution in [2.45, 2.75) is 19.5 Å². The van der Waals surface area contributed by atoms with Gasteiger partial charge in [0, 0.05) is 10.7 Å². The molecule has 0 aromatic heterocycles. The second kappa shape index (κ2) is 6.27. The maximum Gasteiger partial charge on any atom is 0.291 e. The molecule has 1 aromatic rings. The molecular formula is C11H15ClN6O3. The van der Waals surface area contributed by atoms with Crippen LogP contribution in [0.15, 0.2) is 34.3 Å². The largest absolute Gasteiger partial charge is 0.369 e. The van der Waals surface area contributed by atoms with E-state index in [9.17, 15) is 0 Å². The van der Waals surface area contributed by atoms with Gasteiger partial charge in [-0.05, 0) is 38.1 Å². The van der Waals surface area contributed by atoms with Crippen LogP contribution in [0.3, 0.4) is 0 Å². The van der Waals surface area contributed by atoms with Crippen LogP contribution in [0, 0.1) is 10.1 Å². The predicted molar refractivity (Wildman–Crippen MR) is 80.0 cm³/mol. The minimum Gasteiger partial charge on any atom is -0.369 e. The van der Waals surface area contributed by atoms with Gasteiger partial charge in [0.05, 0.1) is 0 Å². The third-order valence-electron chi connectivity index (χ3n) is 2.48. The molecule has 0 saturated heterocycles. The summed E-state index contributed by atoms with van der Waals surface area (Å²) in [7, 11) is 0. The summed E-state index contributed by atoms with van der Waals surface area (Å²) in [5.74, 6) is 0.516. The van der Waals surface area contributed by atoms with Gasteiger partial charge in [0.1, 0.15) is 5.66 Å². The van der Waals surface area contributed by atoms with Crippen molar-refractivity contribution in [1.82, 2.24) is 0 Å². The molecule has 5 N–H and O–H groups in total. The summed E-state index contributed by atoms with van der Waals surface area (Å²) in [6.07, 6.45) is 0. The Kier molecular flexibility index (Phi) is 4.93. The Balaban J connectivity index is 0.000000491. The van der Waals surface area contributed by atoms with Gasteiger partial charge in [0.25, 0.3) is 5.09 Å². The number of nitrogens with two attached hydrogens (primary N) is 2. The highest BCUT2D eigenvalue weighted by Gasteiger charge is 2.32. The Hall–Kier alpha value is -2.55. The van der Waals surface area contributed by atoms with Gasteiger partial charge in [-0.1, -0.05) is 11.6 Å². The van der Waals surface area contributed by atoms with Gasteiger partial charge >= 0.3 is 0 Å². The second-order valence-corrected chi connectivity index (χ2v) is 4.92. The highest BCUT2D eigenvalue weighted by Crippen LogP contribution is 2.28. The number of rotatable bonds is 1. The van der Waals surface area contributed by atoms with Crippen molar-refractivity contribution in [2.75, 3.05) is 4.90 Å². The van der Waals surface area contributed by atoms with Crippen LogP contribution >= 0.6 is 11.6 Å². The molecule has 21 heavy (non-hydrogen) atoms. The molecule has 2 rings (SSSR count). The first kappa shape index (κ1) is 16.5. The third-order valence-corrected chi connectivity index (χ3v) is 2.73. The molecule has 9 nitrogen and oxygen atoms in total. The minimum atomic E-state index is -1.50. The van der Waals surface area contributed by atoms with Crippen molar-refractivity contribution in [3.63, 3.8) is 0 Å². The smallest absolute Gasteiger partial charge is 0.291 e. The number of aliphatic imine (C=N–C) groups is 2. The number of nitrogens with zero attached hydrogens (tertiary/aromatic N) is 4. The zero-order valence-electron chi connectivity index (χ0n) is 11.4. The van der Waals surface area contributed by atoms with E-state index in [1.165, 1.54) is 0 Å². The molecule has 0 unspecified atom stereocenters. The molecule has 0 fully saturated rings. The van der Waals surface area contributed by atoms with Crippen LogP contribution < -0.4 is 16.4 Å². The summed E-state index contributed by atoms with van der Waals surface area (Å²) in [6, 6.07) is 7.32. The van der Waals surface area contributed by atoms with E-state index in [1.807, 2.05) is 26.0 Å². The molecule has 1 heterocycles. The predicted octanol–water partition coefficient (Wildman–Crippen LogP) is 1.18. The quantitative estimate of drug-likeness (QED) is 0.524. The van der Waals surface area contributed by atoms with Crippen LogP contribution in [0.5, 0.6) is 0 Å². The Morgan fingerprint density at radius 1 is 1.33 bits per heavy atom. The zero-order valence-corrected chi connectivity index (χ0v) is 12.2. The molecule has 0 atom stereocenters. The topological polar surface area (TPSA) is 143 Å². The fourth-order valence-corrected chi connectivity index (χ4v) is 1.97. The highest BCUT2D eigenvalue weighted by atomic mass is 35.5. The van der Waals surface area contributed by atoms with E-state index in [0.717, 1.165) is 5.69 Å². The molecular weight excluding hydrogens is 300 g/mol. The lowest BCUT2D eigenvalue weighted by atomic mass is 10.1. The van der Waals surface area contributed by atoms with E-state index in [2.05, 4.69) is 9.98 Å². The van der Waals surface area contributed by atoms with Crippen LogP contribution in [0.25, 0.3) is 0 Å². The monoisotopic (exact) mass is 314 g/mol. The van der Waals surface area contributed by atoms with Crippen molar-refractivity contribution in [2.24, 2.45) is 21.5 Å². The summed E-state index contributed by atoms with van der Waals surface area (Å²) >= 11 is 5.85. The van der Waals surface area contributed by atoms with Gasteiger partial charge < -0.3 is 16.7 Å². The lowest BCUT2D eigenvalue weighted by Gasteiger charge is -2.38. The van der Waals surface area contributed by atoms with Crippen molar-refractivity contribution in [1.29, 1.82) is 0 Å². The van der Waals surface area contributed by atoms with Crippen molar-refractivity contribution >= 4 is 29.2 Å². The van der Waals surface area contributed by atoms with Gasteiger partial charge in [-0.2, -0.15) is 4.99 Å². The molecule has 0 bridgehead atoms. The number of halogens is 1. The molecule has 0 spiro atoms. The van der Waals surface area contributed by atoms with E-state index in [1.54, 1.807) is 17.0 Å². The summed E-state index contributed by atoms with van der Waals surface area (Å²) in [4.78, 5) is 18.4. The highest BCUT2D eigenvalue weighted by molar-refractivity contribution is 6.30. The van der Waals surface area contributed by atoms with Crippen molar-refractivity contribution in [3.05, 3.63) is 39.4 Å². The van der Waals surface area contributed by atoms with Crippen molar-refractivity contribution in [3.8, 4) is 0 Å². The molecule has 10 heteroatoms. The third kappa shape index (κ3) is 4.49. The standard InChI is InChI=1S/C11H14ClN5.HNO3/c1-11(2)16-9(13)15-10(14)17(11)8-5-3-7(12)4-6-8;2-1(3)4/h3-6H,1-2H3,(H4,13,14,15,16);(H,2,3,4). The maximum absolute atomic E-state index is 8.36. The summed E-state index contributed by atoms with van der Waals surface area (Å²) < 4.78 is 0. The summed E-state index contributed by atoms with van der Waals surface area (Å²) in [6.45, 7) is 3.83. The normalized spacial score (nSPS) is 16.2. The average Bonchev–Trinajstić information content (AvgIpc) is 2.28. The molecule has 1 aliphatic heterocycles. The molecule has 0 radical (unpaired) electrons. The molecule has 0 aliphatic carbocycles. The van der Waals surface area contributed by atoms with Crippen molar-refractivity contribution < 1.29 is 10.3 Å². The summed E-state index contributed by atoms with van der Waals surface area (Å²) in [5.41, 5.74) is 11.8. The van der Waals surface area contributed by atoms with Crippen LogP contribution in [-0.4, -0.2) is 27.9 Å². The van der Waals surface area contributed by atoms with Gasteiger partial charge in [0.15, 0.2) is 0 Å². The van der Waals surface area contributed by atoms with Crippen LogP contribution in [0.1, 0.15) is 13.8 Å². The minimum absolute atomic E-state index is 0.192. The van der Waals surface area contributed by atoms with Gasteiger partial charge in [-0.3, -0.25) is 4.90 Å². The van der Waals surface area contributed by atoms with E-state index >= 15 is 0 Å². The first-order chi connectivity index (χ1) is 9.63. The van der Waals surface area contributed by atoms with Crippen LogP contribution in [0.2, 0.25) is 5.02 Å². The molecule has 114 valence electrons. The molecule has 0 amide bonds. The molecule has 0 saturated carbocycles. The number of benzene rings is 1. The number of guanidine groups is 2. The number of hydrogen-bond acceptors (Lipinski definition) is 7. The van der Waals surface area contributed by atoms with Gasteiger partial charge in [-0.15, -0.1) is 10.1 Å². The summed E-state index contributed by atoms with van der Waals surface area (Å²) in [5, 5.41) is 14.3.